The number of rotatable bonds is 7. The van der Waals surface area contributed by atoms with Crippen LogP contribution in [0.5, 0.6) is 0 Å². The highest BCUT2D eigenvalue weighted by Crippen LogP contribution is 2.24. The fourth-order valence-electron chi connectivity index (χ4n) is 3.27. The zero-order valence-electron chi connectivity index (χ0n) is 14.1. The first-order valence-electron chi connectivity index (χ1n) is 8.67. The molecule has 2 heteroatoms. The van der Waals surface area contributed by atoms with Gasteiger partial charge in [-0.1, -0.05) is 45.0 Å². The SMILES string of the molecule is CCCNCC(C)(CC)CN1CCc2ccccc2CC1. The third kappa shape index (κ3) is 4.82. The molecule has 2 nitrogen and oxygen atoms in total. The van der Waals surface area contributed by atoms with Gasteiger partial charge < -0.3 is 10.2 Å². The van der Waals surface area contributed by atoms with Gasteiger partial charge in [0.15, 0.2) is 0 Å². The van der Waals surface area contributed by atoms with Crippen LogP contribution in [0.3, 0.4) is 0 Å². The summed E-state index contributed by atoms with van der Waals surface area (Å²) >= 11 is 0. The highest BCUT2D eigenvalue weighted by Gasteiger charge is 2.26. The van der Waals surface area contributed by atoms with Crippen molar-refractivity contribution in [2.24, 2.45) is 5.41 Å². The van der Waals surface area contributed by atoms with E-state index in [-0.39, 0.29) is 0 Å². The molecule has 21 heavy (non-hydrogen) atoms. The molecular formula is C19H32N2. The van der Waals surface area contributed by atoms with E-state index in [4.69, 9.17) is 0 Å². The van der Waals surface area contributed by atoms with Crippen LogP contribution in [-0.4, -0.2) is 37.6 Å². The number of hydrogen-bond donors (Lipinski definition) is 1. The van der Waals surface area contributed by atoms with Gasteiger partial charge in [-0.2, -0.15) is 0 Å². The standard InChI is InChI=1S/C19H32N2/c1-4-12-20-15-19(3,5-2)16-21-13-10-17-8-6-7-9-18(17)11-14-21/h6-9,20H,4-5,10-16H2,1-3H3. The lowest BCUT2D eigenvalue weighted by Crippen LogP contribution is -2.43. The highest BCUT2D eigenvalue weighted by molar-refractivity contribution is 5.28. The van der Waals surface area contributed by atoms with Crippen molar-refractivity contribution in [3.63, 3.8) is 0 Å². The zero-order chi connectivity index (χ0) is 15.1. The Morgan fingerprint density at radius 3 is 2.24 bits per heavy atom. The molecule has 0 aromatic heterocycles. The minimum absolute atomic E-state index is 0.395. The summed E-state index contributed by atoms with van der Waals surface area (Å²) in [5.74, 6) is 0. The average Bonchev–Trinajstić information content (AvgIpc) is 2.70. The molecule has 1 atom stereocenters. The zero-order valence-corrected chi connectivity index (χ0v) is 14.1. The Labute approximate surface area is 130 Å². The van der Waals surface area contributed by atoms with E-state index in [1.807, 2.05) is 0 Å². The Hall–Kier alpha value is -0.860. The maximum atomic E-state index is 3.62. The Bertz CT molecular complexity index is 402. The van der Waals surface area contributed by atoms with Crippen LogP contribution in [-0.2, 0) is 12.8 Å². The summed E-state index contributed by atoms with van der Waals surface area (Å²) in [5, 5.41) is 3.62. The van der Waals surface area contributed by atoms with E-state index in [1.165, 1.54) is 45.3 Å². The Kier molecular flexibility index (Phi) is 6.25. The lowest BCUT2D eigenvalue weighted by Gasteiger charge is -2.34. The maximum Gasteiger partial charge on any atom is 0.00476 e. The predicted molar refractivity (Wildman–Crippen MR) is 91.8 cm³/mol. The molecule has 1 aromatic rings. The molecule has 1 aromatic carbocycles. The van der Waals surface area contributed by atoms with Crippen LogP contribution in [0.15, 0.2) is 24.3 Å². The first-order valence-corrected chi connectivity index (χ1v) is 8.67. The lowest BCUT2D eigenvalue weighted by atomic mass is 9.86. The molecule has 1 aliphatic heterocycles. The van der Waals surface area contributed by atoms with Crippen molar-refractivity contribution < 1.29 is 0 Å². The molecule has 0 radical (unpaired) electrons. The summed E-state index contributed by atoms with van der Waals surface area (Å²) in [4.78, 5) is 2.68. The molecule has 0 aliphatic carbocycles. The van der Waals surface area contributed by atoms with Crippen LogP contribution >= 0.6 is 0 Å². The van der Waals surface area contributed by atoms with E-state index >= 15 is 0 Å². The van der Waals surface area contributed by atoms with Gasteiger partial charge in [0.05, 0.1) is 0 Å². The monoisotopic (exact) mass is 288 g/mol. The second-order valence-electron chi connectivity index (χ2n) is 6.89. The van der Waals surface area contributed by atoms with Crippen LogP contribution in [0, 0.1) is 5.41 Å². The smallest absolute Gasteiger partial charge is 0.00476 e. The first kappa shape index (κ1) is 16.5. The Morgan fingerprint density at radius 1 is 1.10 bits per heavy atom. The van der Waals surface area contributed by atoms with Crippen LogP contribution < -0.4 is 5.32 Å². The second-order valence-corrected chi connectivity index (χ2v) is 6.89. The molecule has 0 saturated heterocycles. The van der Waals surface area contributed by atoms with E-state index in [0.29, 0.717) is 5.41 Å². The Balaban J connectivity index is 1.91. The molecule has 2 rings (SSSR count). The van der Waals surface area contributed by atoms with Crippen molar-refractivity contribution in [3.05, 3.63) is 35.4 Å². The van der Waals surface area contributed by atoms with Gasteiger partial charge in [-0.15, -0.1) is 0 Å². The van der Waals surface area contributed by atoms with Gasteiger partial charge in [-0.25, -0.2) is 0 Å². The lowest BCUT2D eigenvalue weighted by molar-refractivity contribution is 0.160. The summed E-state index contributed by atoms with van der Waals surface area (Å²) in [5.41, 5.74) is 3.51. The molecular weight excluding hydrogens is 256 g/mol. The van der Waals surface area contributed by atoms with Gasteiger partial charge >= 0.3 is 0 Å². The van der Waals surface area contributed by atoms with Gasteiger partial charge in [0, 0.05) is 26.2 Å². The highest BCUT2D eigenvalue weighted by atomic mass is 15.1. The minimum Gasteiger partial charge on any atom is -0.316 e. The van der Waals surface area contributed by atoms with E-state index in [1.54, 1.807) is 11.1 Å². The largest absolute Gasteiger partial charge is 0.316 e. The van der Waals surface area contributed by atoms with Crippen LogP contribution in [0.4, 0.5) is 0 Å². The molecule has 0 spiro atoms. The topological polar surface area (TPSA) is 15.3 Å². The quantitative estimate of drug-likeness (QED) is 0.773. The van der Waals surface area contributed by atoms with Crippen LogP contribution in [0.2, 0.25) is 0 Å². The van der Waals surface area contributed by atoms with Crippen LogP contribution in [0.25, 0.3) is 0 Å². The summed E-state index contributed by atoms with van der Waals surface area (Å²) in [6, 6.07) is 8.97. The van der Waals surface area contributed by atoms with Crippen molar-refractivity contribution in [2.75, 3.05) is 32.7 Å². The van der Waals surface area contributed by atoms with Gasteiger partial charge in [-0.05, 0) is 48.8 Å². The molecule has 0 saturated carbocycles. The minimum atomic E-state index is 0.395. The van der Waals surface area contributed by atoms with E-state index in [2.05, 4.69) is 55.3 Å². The summed E-state index contributed by atoms with van der Waals surface area (Å²) in [7, 11) is 0. The number of nitrogens with one attached hydrogen (secondary N) is 1. The fraction of sp³-hybridized carbons (Fsp3) is 0.684. The summed E-state index contributed by atoms with van der Waals surface area (Å²) in [6.45, 7) is 12.9. The van der Waals surface area contributed by atoms with Gasteiger partial charge in [-0.3, -0.25) is 0 Å². The van der Waals surface area contributed by atoms with E-state index < -0.39 is 0 Å². The molecule has 1 N–H and O–H groups in total. The van der Waals surface area contributed by atoms with Gasteiger partial charge in [0.2, 0.25) is 0 Å². The maximum absolute atomic E-state index is 3.62. The predicted octanol–water partition coefficient (Wildman–Crippen LogP) is 3.50. The summed E-state index contributed by atoms with van der Waals surface area (Å²) in [6.07, 6.45) is 4.88. The molecule has 118 valence electrons. The number of hydrogen-bond acceptors (Lipinski definition) is 2. The second kappa shape index (κ2) is 7.95. The average molecular weight is 288 g/mol. The van der Waals surface area contributed by atoms with Crippen molar-refractivity contribution in [1.82, 2.24) is 10.2 Å². The van der Waals surface area contributed by atoms with E-state index in [9.17, 15) is 0 Å². The molecule has 1 heterocycles. The van der Waals surface area contributed by atoms with Crippen molar-refractivity contribution >= 4 is 0 Å². The van der Waals surface area contributed by atoms with Crippen LogP contribution in [0.1, 0.15) is 44.7 Å². The first-order chi connectivity index (χ1) is 10.2. The Morgan fingerprint density at radius 2 is 1.71 bits per heavy atom. The normalized spacial score (nSPS) is 18.8. The number of benzene rings is 1. The van der Waals surface area contributed by atoms with Crippen molar-refractivity contribution in [3.8, 4) is 0 Å². The van der Waals surface area contributed by atoms with Gasteiger partial charge in [0.25, 0.3) is 0 Å². The van der Waals surface area contributed by atoms with Crippen molar-refractivity contribution in [1.29, 1.82) is 0 Å². The van der Waals surface area contributed by atoms with Gasteiger partial charge in [0.1, 0.15) is 0 Å². The fourth-order valence-corrected chi connectivity index (χ4v) is 3.27. The number of nitrogens with zero attached hydrogens (tertiary/aromatic N) is 1. The summed E-state index contributed by atoms with van der Waals surface area (Å²) < 4.78 is 0. The van der Waals surface area contributed by atoms with E-state index in [0.717, 1.165) is 13.1 Å². The third-order valence-electron chi connectivity index (χ3n) is 4.95. The molecule has 0 fully saturated rings. The number of fused-ring (bicyclic) bond motifs is 1. The molecule has 1 aliphatic rings. The molecule has 1 unspecified atom stereocenters. The molecule has 0 bridgehead atoms. The van der Waals surface area contributed by atoms with Crippen molar-refractivity contribution in [2.45, 2.75) is 46.5 Å². The third-order valence-corrected chi connectivity index (χ3v) is 4.95. The molecule has 0 amide bonds.